The summed E-state index contributed by atoms with van der Waals surface area (Å²) in [6, 6.07) is 31.5. The van der Waals surface area contributed by atoms with Gasteiger partial charge in [0.2, 0.25) is 0 Å². The van der Waals surface area contributed by atoms with Crippen LogP contribution in [0.25, 0.3) is 11.1 Å². The summed E-state index contributed by atoms with van der Waals surface area (Å²) in [4.78, 5) is 0. The van der Waals surface area contributed by atoms with Crippen LogP contribution in [0.3, 0.4) is 0 Å². The van der Waals surface area contributed by atoms with Gasteiger partial charge in [-0.25, -0.2) is 0 Å². The van der Waals surface area contributed by atoms with Gasteiger partial charge in [0, 0.05) is 5.41 Å². The molecule has 5 rings (SSSR count). The highest BCUT2D eigenvalue weighted by molar-refractivity contribution is 7.61. The zero-order valence-corrected chi connectivity index (χ0v) is 19.2. The van der Waals surface area contributed by atoms with Gasteiger partial charge in [-0.05, 0) is 82.9 Å². The lowest BCUT2D eigenvalue weighted by Gasteiger charge is -2.21. The molecule has 4 heteroatoms. The molecule has 0 fully saturated rings. The number of hydrogen-bond donors (Lipinski definition) is 0. The van der Waals surface area contributed by atoms with Crippen LogP contribution in [0.1, 0.15) is 25.0 Å². The molecule has 2 atom stereocenters. The Labute approximate surface area is 184 Å². The van der Waals surface area contributed by atoms with Crippen LogP contribution in [0, 0.1) is 0 Å². The van der Waals surface area contributed by atoms with Crippen LogP contribution >= 0.6 is 15.6 Å². The van der Waals surface area contributed by atoms with Crippen molar-refractivity contribution in [2.24, 2.45) is 0 Å². The molecule has 0 aromatic heterocycles. The fourth-order valence-electron chi connectivity index (χ4n) is 4.39. The van der Waals surface area contributed by atoms with Crippen LogP contribution < -0.4 is 21.2 Å². The van der Waals surface area contributed by atoms with Crippen molar-refractivity contribution in [3.05, 3.63) is 108 Å². The van der Waals surface area contributed by atoms with Gasteiger partial charge in [-0.2, -0.15) is 0 Å². The van der Waals surface area contributed by atoms with Crippen molar-refractivity contribution in [3.63, 3.8) is 0 Å². The van der Waals surface area contributed by atoms with Gasteiger partial charge in [-0.3, -0.25) is 0 Å². The second-order valence-electron chi connectivity index (χ2n) is 8.34. The van der Waals surface area contributed by atoms with Crippen molar-refractivity contribution in [1.82, 2.24) is 0 Å². The monoisotopic (exact) mass is 440 g/mol. The van der Waals surface area contributed by atoms with Gasteiger partial charge in [0.25, 0.3) is 0 Å². The summed E-state index contributed by atoms with van der Waals surface area (Å²) in [7, 11) is -3.28. The van der Waals surface area contributed by atoms with E-state index in [9.17, 15) is 9.13 Å². The zero-order chi connectivity index (χ0) is 21.6. The van der Waals surface area contributed by atoms with E-state index in [1.807, 2.05) is 72.8 Å². The normalized spacial score (nSPS) is 14.5. The number of hydrogen-bond acceptors (Lipinski definition) is 2. The van der Waals surface area contributed by atoms with Crippen LogP contribution in [0.5, 0.6) is 0 Å². The maximum Gasteiger partial charge on any atom is 0.415 e. The summed E-state index contributed by atoms with van der Waals surface area (Å²) in [6.45, 7) is 4.38. The number of benzene rings is 4. The maximum atomic E-state index is 13.1. The van der Waals surface area contributed by atoms with E-state index >= 15 is 0 Å². The minimum Gasteiger partial charge on any atom is -0.0619 e. The molecule has 0 N–H and O–H groups in total. The highest BCUT2D eigenvalue weighted by Gasteiger charge is 2.39. The third-order valence-electron chi connectivity index (χ3n) is 6.09. The van der Waals surface area contributed by atoms with E-state index in [0.29, 0.717) is 0 Å². The summed E-state index contributed by atoms with van der Waals surface area (Å²) in [5.41, 5.74) is 4.43. The van der Waals surface area contributed by atoms with Gasteiger partial charge in [0.15, 0.2) is 21.2 Å². The molecule has 1 aliphatic carbocycles. The Hall–Kier alpha value is -2.92. The molecule has 0 heterocycles. The summed E-state index contributed by atoms with van der Waals surface area (Å²) in [5, 5.41) is 3.37. The van der Waals surface area contributed by atoms with Gasteiger partial charge in [-0.1, -0.05) is 59.4 Å². The van der Waals surface area contributed by atoms with E-state index in [0.717, 1.165) is 21.2 Å². The summed E-state index contributed by atoms with van der Waals surface area (Å²) in [5.74, 6) is 0. The van der Waals surface area contributed by atoms with Crippen molar-refractivity contribution >= 4 is 36.8 Å². The molecular weight excluding hydrogens is 418 g/mol. The van der Waals surface area contributed by atoms with Gasteiger partial charge in [0.05, 0.1) is 0 Å². The molecule has 0 bridgehead atoms. The van der Waals surface area contributed by atoms with E-state index in [1.165, 1.54) is 22.3 Å². The number of fused-ring (bicyclic) bond motifs is 3. The van der Waals surface area contributed by atoms with Crippen LogP contribution in [-0.4, -0.2) is 0 Å². The molecule has 0 radical (unpaired) electrons. The molecule has 0 amide bonds. The van der Waals surface area contributed by atoms with E-state index < -0.39 is 15.6 Å². The van der Waals surface area contributed by atoms with E-state index in [1.54, 1.807) is 0 Å². The molecule has 0 saturated heterocycles. The Morgan fingerprint density at radius 3 is 1.29 bits per heavy atom. The van der Waals surface area contributed by atoms with Crippen molar-refractivity contribution in [2.45, 2.75) is 19.3 Å². The van der Waals surface area contributed by atoms with Gasteiger partial charge in [0.1, 0.15) is 0 Å². The first-order valence-corrected chi connectivity index (χ1v) is 12.8. The number of rotatable bonds is 4. The summed E-state index contributed by atoms with van der Waals surface area (Å²) >= 11 is 0. The smallest absolute Gasteiger partial charge is 0.0619 e. The minimum atomic E-state index is -1.64. The van der Waals surface area contributed by atoms with E-state index in [2.05, 4.69) is 38.1 Å². The average molecular weight is 440 g/mol. The first kappa shape index (κ1) is 20.0. The van der Waals surface area contributed by atoms with Crippen molar-refractivity contribution in [3.8, 4) is 11.1 Å². The van der Waals surface area contributed by atoms with Crippen LogP contribution in [0.15, 0.2) is 97.1 Å². The van der Waals surface area contributed by atoms with Crippen LogP contribution in [0.4, 0.5) is 0 Å². The quantitative estimate of drug-likeness (QED) is 0.390. The maximum absolute atomic E-state index is 13.1. The zero-order valence-electron chi connectivity index (χ0n) is 17.4. The molecule has 4 aromatic rings. The third-order valence-corrected chi connectivity index (χ3v) is 9.12. The molecule has 150 valence electrons. The molecule has 4 aromatic carbocycles. The van der Waals surface area contributed by atoms with Crippen LogP contribution in [-0.2, 0) is 14.5 Å². The highest BCUT2D eigenvalue weighted by Crippen LogP contribution is 2.48. The summed E-state index contributed by atoms with van der Waals surface area (Å²) < 4.78 is 26.3. The van der Waals surface area contributed by atoms with Crippen molar-refractivity contribution in [1.29, 1.82) is 0 Å². The SMILES string of the molecule is CC1(C)c2cc([P+](=O)c3ccccc3)ccc2-c2ccc([P+](=O)c3ccccc3)cc21. The average Bonchev–Trinajstić information content (AvgIpc) is 3.05. The molecule has 0 aliphatic heterocycles. The highest BCUT2D eigenvalue weighted by atomic mass is 31.1. The second-order valence-corrected chi connectivity index (χ2v) is 11.6. The van der Waals surface area contributed by atoms with Gasteiger partial charge in [-0.15, -0.1) is 0 Å². The van der Waals surface area contributed by atoms with Crippen molar-refractivity contribution in [2.75, 3.05) is 0 Å². The molecule has 2 nitrogen and oxygen atoms in total. The predicted octanol–water partition coefficient (Wildman–Crippen LogP) is 5.55. The lowest BCUT2D eigenvalue weighted by molar-refractivity contribution is 0.597. The molecular formula is C27H22O2P2+2. The summed E-state index contributed by atoms with van der Waals surface area (Å²) in [6.07, 6.45) is 0. The lowest BCUT2D eigenvalue weighted by Crippen LogP contribution is -2.19. The molecule has 31 heavy (non-hydrogen) atoms. The predicted molar refractivity (Wildman–Crippen MR) is 131 cm³/mol. The topological polar surface area (TPSA) is 34.1 Å². The Kier molecular flexibility index (Phi) is 4.94. The third kappa shape index (κ3) is 3.37. The van der Waals surface area contributed by atoms with E-state index in [4.69, 9.17) is 0 Å². The lowest BCUT2D eigenvalue weighted by atomic mass is 9.82. The molecule has 2 unspecified atom stereocenters. The Balaban J connectivity index is 1.56. The fourth-order valence-corrected chi connectivity index (χ4v) is 6.79. The standard InChI is InChI=1S/C27H22O2P2/c1-27(2)25-17-21(30(28)19-9-5-3-6-10-19)13-15-23(25)24-16-14-22(18-26(24)27)31(29)20-11-7-4-8-12-20/h3-18H,1-2H3/q+2. The Morgan fingerprint density at radius 1 is 0.516 bits per heavy atom. The largest absolute Gasteiger partial charge is 0.415 e. The van der Waals surface area contributed by atoms with Gasteiger partial charge >= 0.3 is 15.6 Å². The van der Waals surface area contributed by atoms with Crippen LogP contribution in [0.2, 0.25) is 0 Å². The van der Waals surface area contributed by atoms with E-state index in [-0.39, 0.29) is 5.41 Å². The van der Waals surface area contributed by atoms with Crippen molar-refractivity contribution < 1.29 is 9.13 Å². The molecule has 0 spiro atoms. The molecule has 0 saturated carbocycles. The Bertz CT molecular complexity index is 1220. The molecule has 1 aliphatic rings. The fraction of sp³-hybridized carbons (Fsp3) is 0.111. The first-order valence-electron chi connectivity index (χ1n) is 10.3. The first-order chi connectivity index (χ1) is 15.0. The Morgan fingerprint density at radius 2 is 0.903 bits per heavy atom. The van der Waals surface area contributed by atoms with Gasteiger partial charge < -0.3 is 0 Å². The second kappa shape index (κ2) is 7.65. The minimum absolute atomic E-state index is 0.254.